The van der Waals surface area contributed by atoms with Crippen molar-refractivity contribution in [1.29, 1.82) is 0 Å². The van der Waals surface area contributed by atoms with Gasteiger partial charge in [-0.05, 0) is 36.0 Å². The van der Waals surface area contributed by atoms with Gasteiger partial charge >= 0.3 is 5.97 Å². The van der Waals surface area contributed by atoms with Crippen molar-refractivity contribution >= 4 is 35.1 Å². The molecule has 1 aliphatic heterocycles. The maximum absolute atomic E-state index is 13.0. The molecule has 144 valence electrons. The molecule has 1 N–H and O–H groups in total. The Morgan fingerprint density at radius 3 is 2.30 bits per heavy atom. The first-order valence-electron chi connectivity index (χ1n) is 9.30. The predicted octanol–water partition coefficient (Wildman–Crippen LogP) is 3.16. The highest BCUT2D eigenvalue weighted by molar-refractivity contribution is 6.42. The number of amides is 1. The van der Waals surface area contributed by atoms with E-state index < -0.39 is 17.8 Å². The molecule has 7 heteroatoms. The molecule has 2 fully saturated rings. The Bertz CT molecular complexity index is 789. The number of fused-ring (bicyclic) bond motifs is 2. The van der Waals surface area contributed by atoms with E-state index in [1.165, 1.54) is 0 Å². The molecule has 0 radical (unpaired) electrons. The standard InChI is InChI=1S/C20H22Cl2N2O3/c21-15-4-1-12(9-16(15)22)11-23-5-7-24(8-6-23)19(25)17-13-2-3-14(10-13)18(17)20(26)27/h1-4,9,13-14,17-18H,5-8,10-11H2,(H,26,27)/t13-,14+,17+,18+/m1/s1. The Hall–Kier alpha value is -1.56. The fraction of sp³-hybridized carbons (Fsp3) is 0.500. The molecular formula is C20H22Cl2N2O3. The number of carbonyl (C=O) groups is 2. The molecule has 1 saturated carbocycles. The average Bonchev–Trinajstić information content (AvgIpc) is 3.26. The SMILES string of the molecule is O=C(O)[C@@H]1[C@@H](C(=O)N2CCN(Cc3ccc(Cl)c(Cl)c3)CC2)[C@@H]2C=C[C@H]1C2. The number of carboxylic acid groups (broad SMARTS) is 1. The number of hydrogen-bond donors (Lipinski definition) is 1. The van der Waals surface area contributed by atoms with Crippen LogP contribution in [0.3, 0.4) is 0 Å². The lowest BCUT2D eigenvalue weighted by molar-refractivity contribution is -0.151. The van der Waals surface area contributed by atoms with Gasteiger partial charge in [0.2, 0.25) is 5.91 Å². The topological polar surface area (TPSA) is 60.9 Å². The maximum Gasteiger partial charge on any atom is 0.307 e. The van der Waals surface area contributed by atoms with Crippen LogP contribution in [0.1, 0.15) is 12.0 Å². The molecule has 0 unspecified atom stereocenters. The first-order chi connectivity index (χ1) is 12.9. The van der Waals surface area contributed by atoms with Crippen molar-refractivity contribution in [3.8, 4) is 0 Å². The number of carboxylic acids is 1. The van der Waals surface area contributed by atoms with Gasteiger partial charge in [-0.25, -0.2) is 0 Å². The van der Waals surface area contributed by atoms with Gasteiger partial charge in [0, 0.05) is 32.7 Å². The quantitative estimate of drug-likeness (QED) is 0.777. The molecule has 1 saturated heterocycles. The number of nitrogens with zero attached hydrogens (tertiary/aromatic N) is 2. The van der Waals surface area contributed by atoms with E-state index in [0.717, 1.165) is 31.6 Å². The van der Waals surface area contributed by atoms with Crippen LogP contribution in [0.25, 0.3) is 0 Å². The summed E-state index contributed by atoms with van der Waals surface area (Å²) < 4.78 is 0. The molecule has 4 rings (SSSR count). The minimum absolute atomic E-state index is 0.00781. The fourth-order valence-corrected chi connectivity index (χ4v) is 5.05. The summed E-state index contributed by atoms with van der Waals surface area (Å²) in [4.78, 5) is 28.8. The van der Waals surface area contributed by atoms with Crippen molar-refractivity contribution < 1.29 is 14.7 Å². The monoisotopic (exact) mass is 408 g/mol. The summed E-state index contributed by atoms with van der Waals surface area (Å²) in [5.74, 6) is -1.71. The molecule has 1 amide bonds. The summed E-state index contributed by atoms with van der Waals surface area (Å²) in [6.07, 6.45) is 4.81. The lowest BCUT2D eigenvalue weighted by Crippen LogP contribution is -2.52. The van der Waals surface area contributed by atoms with E-state index in [0.29, 0.717) is 23.1 Å². The first-order valence-corrected chi connectivity index (χ1v) is 10.1. The van der Waals surface area contributed by atoms with Gasteiger partial charge in [-0.1, -0.05) is 41.4 Å². The van der Waals surface area contributed by atoms with Crippen molar-refractivity contribution in [3.05, 3.63) is 46.0 Å². The van der Waals surface area contributed by atoms with Gasteiger partial charge in [0.1, 0.15) is 0 Å². The van der Waals surface area contributed by atoms with Crippen molar-refractivity contribution in [1.82, 2.24) is 9.80 Å². The number of carbonyl (C=O) groups excluding carboxylic acids is 1. The molecule has 1 aromatic rings. The van der Waals surface area contributed by atoms with Crippen molar-refractivity contribution in [2.24, 2.45) is 23.7 Å². The highest BCUT2D eigenvalue weighted by Gasteiger charge is 2.52. The molecule has 0 spiro atoms. The fourth-order valence-electron chi connectivity index (χ4n) is 4.73. The first kappa shape index (κ1) is 18.8. The molecule has 3 aliphatic rings. The van der Waals surface area contributed by atoms with Crippen LogP contribution in [0.2, 0.25) is 10.0 Å². The van der Waals surface area contributed by atoms with Gasteiger partial charge in [0.15, 0.2) is 0 Å². The van der Waals surface area contributed by atoms with Gasteiger partial charge in [0.25, 0.3) is 0 Å². The summed E-state index contributed by atoms with van der Waals surface area (Å²) in [6.45, 7) is 3.54. The third-order valence-corrected chi connectivity index (χ3v) is 6.84. The van der Waals surface area contributed by atoms with E-state index in [1.54, 1.807) is 6.07 Å². The number of rotatable bonds is 4. The van der Waals surface area contributed by atoms with E-state index in [-0.39, 0.29) is 17.7 Å². The molecule has 2 aliphatic carbocycles. The summed E-state index contributed by atoms with van der Waals surface area (Å²) >= 11 is 12.0. The number of piperazine rings is 1. The van der Waals surface area contributed by atoms with E-state index >= 15 is 0 Å². The molecule has 1 heterocycles. The van der Waals surface area contributed by atoms with Crippen LogP contribution in [-0.2, 0) is 16.1 Å². The van der Waals surface area contributed by atoms with E-state index in [1.807, 2.05) is 29.2 Å². The lowest BCUT2D eigenvalue weighted by atomic mass is 9.82. The zero-order valence-electron chi connectivity index (χ0n) is 14.9. The predicted molar refractivity (Wildman–Crippen MR) is 104 cm³/mol. The zero-order chi connectivity index (χ0) is 19.1. The summed E-state index contributed by atoms with van der Waals surface area (Å²) in [5, 5.41) is 10.7. The molecule has 2 bridgehead atoms. The normalized spacial score (nSPS) is 30.1. The highest BCUT2D eigenvalue weighted by Crippen LogP contribution is 2.48. The van der Waals surface area contributed by atoms with Crippen molar-refractivity contribution in [2.45, 2.75) is 13.0 Å². The third-order valence-electron chi connectivity index (χ3n) is 6.10. The minimum Gasteiger partial charge on any atom is -0.481 e. The van der Waals surface area contributed by atoms with Crippen LogP contribution in [0.5, 0.6) is 0 Å². The molecule has 0 aromatic heterocycles. The maximum atomic E-state index is 13.0. The van der Waals surface area contributed by atoms with Crippen LogP contribution in [0.15, 0.2) is 30.4 Å². The summed E-state index contributed by atoms with van der Waals surface area (Å²) in [5.41, 5.74) is 1.09. The van der Waals surface area contributed by atoms with Crippen LogP contribution in [0, 0.1) is 23.7 Å². The minimum atomic E-state index is -0.844. The van der Waals surface area contributed by atoms with Gasteiger partial charge in [-0.2, -0.15) is 0 Å². The molecule has 5 nitrogen and oxygen atoms in total. The highest BCUT2D eigenvalue weighted by atomic mass is 35.5. The number of benzene rings is 1. The molecule has 4 atom stereocenters. The summed E-state index contributed by atoms with van der Waals surface area (Å²) in [6, 6.07) is 5.64. The Morgan fingerprint density at radius 1 is 1.00 bits per heavy atom. The van der Waals surface area contributed by atoms with Crippen LogP contribution >= 0.6 is 23.2 Å². The van der Waals surface area contributed by atoms with E-state index in [2.05, 4.69) is 4.90 Å². The van der Waals surface area contributed by atoms with Gasteiger partial charge < -0.3 is 10.0 Å². The van der Waals surface area contributed by atoms with Gasteiger partial charge in [-0.15, -0.1) is 0 Å². The van der Waals surface area contributed by atoms with Crippen molar-refractivity contribution in [2.75, 3.05) is 26.2 Å². The van der Waals surface area contributed by atoms with Crippen LogP contribution in [-0.4, -0.2) is 53.0 Å². The Morgan fingerprint density at radius 2 is 1.67 bits per heavy atom. The second-order valence-electron chi connectivity index (χ2n) is 7.69. The Kier molecular flexibility index (Phi) is 5.19. The van der Waals surface area contributed by atoms with Gasteiger partial charge in [0.05, 0.1) is 21.9 Å². The summed E-state index contributed by atoms with van der Waals surface area (Å²) in [7, 11) is 0. The lowest BCUT2D eigenvalue weighted by Gasteiger charge is -2.37. The molecular weight excluding hydrogens is 387 g/mol. The van der Waals surface area contributed by atoms with Gasteiger partial charge in [-0.3, -0.25) is 14.5 Å². The molecule has 1 aromatic carbocycles. The zero-order valence-corrected chi connectivity index (χ0v) is 16.4. The Balaban J connectivity index is 1.36. The smallest absolute Gasteiger partial charge is 0.307 e. The largest absolute Gasteiger partial charge is 0.481 e. The number of aliphatic carboxylic acids is 1. The third kappa shape index (κ3) is 3.60. The van der Waals surface area contributed by atoms with E-state index in [9.17, 15) is 14.7 Å². The Labute approximate surface area is 168 Å². The van der Waals surface area contributed by atoms with Crippen LogP contribution in [0.4, 0.5) is 0 Å². The molecule has 27 heavy (non-hydrogen) atoms. The van der Waals surface area contributed by atoms with E-state index in [4.69, 9.17) is 23.2 Å². The number of allylic oxidation sites excluding steroid dienone is 2. The average molecular weight is 409 g/mol. The van der Waals surface area contributed by atoms with Crippen LogP contribution < -0.4 is 0 Å². The number of hydrogen-bond acceptors (Lipinski definition) is 3. The van der Waals surface area contributed by atoms with Crippen molar-refractivity contribution in [3.63, 3.8) is 0 Å². The number of halogens is 2. The second-order valence-corrected chi connectivity index (χ2v) is 8.50. The second kappa shape index (κ2) is 7.46.